The molecular weight excluding hydrogens is 144 g/mol. The van der Waals surface area contributed by atoms with Crippen molar-refractivity contribution in [3.8, 4) is 0 Å². The van der Waals surface area contributed by atoms with Crippen LogP contribution in [0.3, 0.4) is 0 Å². The van der Waals surface area contributed by atoms with E-state index >= 15 is 0 Å². The summed E-state index contributed by atoms with van der Waals surface area (Å²) < 4.78 is 5.38. The Labute approximate surface area is 66.1 Å². The molecule has 3 N–H and O–H groups in total. The Morgan fingerprint density at radius 2 is 2.36 bits per heavy atom. The van der Waals surface area contributed by atoms with Gasteiger partial charge in [-0.2, -0.15) is 0 Å². The molecule has 0 saturated carbocycles. The molecule has 0 spiro atoms. The number of carbonyl (C=O) groups is 1. The summed E-state index contributed by atoms with van der Waals surface area (Å²) in [5.74, 6) is -0.352. The molecule has 1 fully saturated rings. The summed E-state index contributed by atoms with van der Waals surface area (Å²) in [6, 6.07) is -0.365. The largest absolute Gasteiger partial charge is 0.372 e. The summed E-state index contributed by atoms with van der Waals surface area (Å²) in [5.41, 5.74) is 4.69. The van der Waals surface area contributed by atoms with E-state index in [4.69, 9.17) is 10.5 Å². The number of amides is 1. The first-order chi connectivity index (χ1) is 5.04. The number of carbonyl (C=O) groups excluding carboxylic acids is 1. The lowest BCUT2D eigenvalue weighted by molar-refractivity contribution is -0.134. The van der Waals surface area contributed by atoms with Crippen molar-refractivity contribution in [3.63, 3.8) is 0 Å². The van der Waals surface area contributed by atoms with Crippen molar-refractivity contribution >= 4 is 5.91 Å². The summed E-state index contributed by atoms with van der Waals surface area (Å²) in [4.78, 5) is 10.8. The molecular formula is C7H14N2O2. The van der Waals surface area contributed by atoms with Gasteiger partial charge in [-0.15, -0.1) is 0 Å². The normalized spacial score (nSPS) is 29.8. The van der Waals surface area contributed by atoms with Crippen LogP contribution in [-0.4, -0.2) is 30.7 Å². The number of nitrogens with two attached hydrogens (primary N) is 1. The Morgan fingerprint density at radius 3 is 2.73 bits per heavy atom. The predicted molar refractivity (Wildman–Crippen MR) is 41.0 cm³/mol. The zero-order valence-electron chi connectivity index (χ0n) is 6.89. The molecule has 0 radical (unpaired) electrons. The lowest BCUT2D eigenvalue weighted by Crippen LogP contribution is -2.60. The molecule has 0 aromatic carbocycles. The molecule has 64 valence electrons. The Kier molecular flexibility index (Phi) is 2.15. The van der Waals surface area contributed by atoms with Crippen molar-refractivity contribution in [1.82, 2.24) is 5.32 Å². The number of morpholine rings is 1. The minimum absolute atomic E-state index is 0.352. The van der Waals surface area contributed by atoms with Crippen LogP contribution in [-0.2, 0) is 9.53 Å². The van der Waals surface area contributed by atoms with Gasteiger partial charge in [0.2, 0.25) is 5.91 Å². The van der Waals surface area contributed by atoms with Crippen molar-refractivity contribution in [3.05, 3.63) is 0 Å². The molecule has 0 bridgehead atoms. The van der Waals surface area contributed by atoms with E-state index < -0.39 is 5.60 Å². The number of rotatable bonds is 1. The summed E-state index contributed by atoms with van der Waals surface area (Å²) in [7, 11) is 0. The average Bonchev–Trinajstić information content (AvgIpc) is 1.85. The van der Waals surface area contributed by atoms with Gasteiger partial charge in [0, 0.05) is 6.54 Å². The van der Waals surface area contributed by atoms with Crippen LogP contribution in [0, 0.1) is 0 Å². The molecule has 1 unspecified atom stereocenters. The molecule has 0 aliphatic carbocycles. The maximum Gasteiger partial charge on any atom is 0.237 e. The Bertz CT molecular complexity index is 168. The fourth-order valence-corrected chi connectivity index (χ4v) is 1.29. The van der Waals surface area contributed by atoms with E-state index in [0.717, 1.165) is 0 Å². The maximum absolute atomic E-state index is 10.8. The van der Waals surface area contributed by atoms with E-state index in [1.165, 1.54) is 0 Å². The standard InChI is InChI=1S/C7H14N2O2/c1-7(2)5(6(8)10)9-3-4-11-7/h5,9H,3-4H2,1-2H3,(H2,8,10). The van der Waals surface area contributed by atoms with Crippen molar-refractivity contribution in [2.45, 2.75) is 25.5 Å². The van der Waals surface area contributed by atoms with Crippen molar-refractivity contribution in [2.75, 3.05) is 13.2 Å². The molecule has 4 nitrogen and oxygen atoms in total. The molecule has 1 rings (SSSR count). The van der Waals surface area contributed by atoms with E-state index in [2.05, 4.69) is 5.32 Å². The topological polar surface area (TPSA) is 64.3 Å². The van der Waals surface area contributed by atoms with Crippen molar-refractivity contribution in [2.24, 2.45) is 5.73 Å². The van der Waals surface area contributed by atoms with Gasteiger partial charge >= 0.3 is 0 Å². The van der Waals surface area contributed by atoms with Crippen LogP contribution >= 0.6 is 0 Å². The quantitative estimate of drug-likeness (QED) is 0.527. The first kappa shape index (κ1) is 8.49. The van der Waals surface area contributed by atoms with Crippen LogP contribution < -0.4 is 11.1 Å². The van der Waals surface area contributed by atoms with Crippen LogP contribution in [0.1, 0.15) is 13.8 Å². The monoisotopic (exact) mass is 158 g/mol. The van der Waals surface area contributed by atoms with Gasteiger partial charge in [0.1, 0.15) is 6.04 Å². The van der Waals surface area contributed by atoms with E-state index in [0.29, 0.717) is 13.2 Å². The highest BCUT2D eigenvalue weighted by molar-refractivity contribution is 5.81. The predicted octanol–water partition coefficient (Wildman–Crippen LogP) is -0.761. The van der Waals surface area contributed by atoms with E-state index in [9.17, 15) is 4.79 Å². The van der Waals surface area contributed by atoms with E-state index in [-0.39, 0.29) is 11.9 Å². The minimum Gasteiger partial charge on any atom is -0.372 e. The highest BCUT2D eigenvalue weighted by atomic mass is 16.5. The Morgan fingerprint density at radius 1 is 1.73 bits per heavy atom. The van der Waals surface area contributed by atoms with Gasteiger partial charge in [-0.05, 0) is 13.8 Å². The highest BCUT2D eigenvalue weighted by Gasteiger charge is 2.36. The number of hydrogen-bond acceptors (Lipinski definition) is 3. The van der Waals surface area contributed by atoms with Crippen LogP contribution in [0.25, 0.3) is 0 Å². The molecule has 1 aliphatic rings. The average molecular weight is 158 g/mol. The summed E-state index contributed by atoms with van der Waals surface area (Å²) >= 11 is 0. The van der Waals surface area contributed by atoms with Gasteiger partial charge in [-0.25, -0.2) is 0 Å². The fraction of sp³-hybridized carbons (Fsp3) is 0.857. The zero-order chi connectivity index (χ0) is 8.48. The maximum atomic E-state index is 10.8. The van der Waals surface area contributed by atoms with Crippen molar-refractivity contribution in [1.29, 1.82) is 0 Å². The second-order valence-electron chi connectivity index (χ2n) is 3.24. The van der Waals surface area contributed by atoms with Crippen LogP contribution in [0.5, 0.6) is 0 Å². The third-order valence-corrected chi connectivity index (χ3v) is 1.90. The SMILES string of the molecule is CC1(C)OCCNC1C(N)=O. The van der Waals surface area contributed by atoms with Gasteiger partial charge in [0.15, 0.2) is 0 Å². The molecule has 4 heteroatoms. The first-order valence-electron chi connectivity index (χ1n) is 3.71. The summed E-state index contributed by atoms with van der Waals surface area (Å²) in [6.45, 7) is 5.04. The van der Waals surface area contributed by atoms with E-state index in [1.54, 1.807) is 0 Å². The molecule has 11 heavy (non-hydrogen) atoms. The summed E-state index contributed by atoms with van der Waals surface area (Å²) in [5, 5.41) is 3.01. The second kappa shape index (κ2) is 2.79. The van der Waals surface area contributed by atoms with Gasteiger partial charge in [-0.3, -0.25) is 4.79 Å². The molecule has 0 aromatic heterocycles. The third-order valence-electron chi connectivity index (χ3n) is 1.90. The number of nitrogens with one attached hydrogen (secondary N) is 1. The van der Waals surface area contributed by atoms with Gasteiger partial charge in [0.25, 0.3) is 0 Å². The Hall–Kier alpha value is -0.610. The molecule has 1 atom stereocenters. The van der Waals surface area contributed by atoms with Crippen LogP contribution in [0.2, 0.25) is 0 Å². The summed E-state index contributed by atoms with van der Waals surface area (Å²) in [6.07, 6.45) is 0. The second-order valence-corrected chi connectivity index (χ2v) is 3.24. The Balaban J connectivity index is 2.67. The van der Waals surface area contributed by atoms with Gasteiger partial charge in [-0.1, -0.05) is 0 Å². The molecule has 1 heterocycles. The molecule has 1 saturated heterocycles. The smallest absolute Gasteiger partial charge is 0.237 e. The lowest BCUT2D eigenvalue weighted by atomic mass is 9.96. The van der Waals surface area contributed by atoms with Crippen LogP contribution in [0.4, 0.5) is 0 Å². The third kappa shape index (κ3) is 1.70. The number of hydrogen-bond donors (Lipinski definition) is 2. The minimum atomic E-state index is -0.468. The zero-order valence-corrected chi connectivity index (χ0v) is 6.89. The van der Waals surface area contributed by atoms with Gasteiger partial charge in [0.05, 0.1) is 12.2 Å². The molecule has 1 amide bonds. The number of ether oxygens (including phenoxy) is 1. The lowest BCUT2D eigenvalue weighted by Gasteiger charge is -2.37. The molecule has 1 aliphatic heterocycles. The van der Waals surface area contributed by atoms with Gasteiger partial charge < -0.3 is 15.8 Å². The molecule has 0 aromatic rings. The van der Waals surface area contributed by atoms with E-state index in [1.807, 2.05) is 13.8 Å². The van der Waals surface area contributed by atoms with Crippen molar-refractivity contribution < 1.29 is 9.53 Å². The van der Waals surface area contributed by atoms with Crippen LogP contribution in [0.15, 0.2) is 0 Å². The highest BCUT2D eigenvalue weighted by Crippen LogP contribution is 2.17. The fourth-order valence-electron chi connectivity index (χ4n) is 1.29. The first-order valence-corrected chi connectivity index (χ1v) is 3.71. The number of primary amides is 1.